The Bertz CT molecular complexity index is 1280. The van der Waals surface area contributed by atoms with Crippen LogP contribution in [0.25, 0.3) is 0 Å². The predicted molar refractivity (Wildman–Crippen MR) is 181 cm³/mol. The second kappa shape index (κ2) is 23.2. The number of hydrogen-bond acceptors (Lipinski definition) is 18. The lowest BCUT2D eigenvalue weighted by Crippen LogP contribution is -2.40. The molecule has 18 heteroatoms. The molecule has 1 aliphatic carbocycles. The molecule has 0 saturated heterocycles. The van der Waals surface area contributed by atoms with Crippen LogP contribution in [0, 0.1) is 17.8 Å². The lowest BCUT2D eigenvalue weighted by Gasteiger charge is -2.32. The van der Waals surface area contributed by atoms with E-state index in [0.29, 0.717) is 0 Å². The number of esters is 9. The first-order valence-electron chi connectivity index (χ1n) is 16.7. The lowest BCUT2D eigenvalue weighted by atomic mass is 9.75. The minimum atomic E-state index is -1.20. The maximum Gasteiger partial charge on any atom is 0.333 e. The Morgan fingerprint density at radius 1 is 0.407 bits per heavy atom. The standard InChI is InChI=1S/C36H48O18/c1-19(2)31(40)46-13-28(52-22(7)37)16-49-34(43)25-10-26(35(44)50-17-29(53-23(8)38)14-47-32(41)20(3)4)12-27(11-25)36(45)51-18-30(54-24(9)39)15-48-33(42)21(5)6/h25-30H,1,3,5,10-18H2,2,4,6-9H3. The molecule has 18 nitrogen and oxygen atoms in total. The summed E-state index contributed by atoms with van der Waals surface area (Å²) in [7, 11) is 0. The number of carbonyl (C=O) groups excluding carboxylic acids is 9. The number of carbonyl (C=O) groups is 9. The van der Waals surface area contributed by atoms with Crippen molar-refractivity contribution in [3.63, 3.8) is 0 Å². The number of hydrogen-bond donors (Lipinski definition) is 0. The molecule has 0 spiro atoms. The zero-order valence-electron chi connectivity index (χ0n) is 31.3. The van der Waals surface area contributed by atoms with Crippen LogP contribution in [-0.2, 0) is 85.8 Å². The Balaban J connectivity index is 3.19. The van der Waals surface area contributed by atoms with E-state index in [4.69, 9.17) is 42.6 Å². The van der Waals surface area contributed by atoms with Crippen LogP contribution in [0.3, 0.4) is 0 Å². The summed E-state index contributed by atoms with van der Waals surface area (Å²) in [5.74, 6) is -10.7. The first kappa shape index (κ1) is 46.5. The van der Waals surface area contributed by atoms with Gasteiger partial charge >= 0.3 is 53.7 Å². The first-order chi connectivity index (χ1) is 25.2. The normalized spacial score (nSPS) is 17.8. The van der Waals surface area contributed by atoms with Crippen molar-refractivity contribution in [1.29, 1.82) is 0 Å². The highest BCUT2D eigenvalue weighted by molar-refractivity contribution is 5.88. The van der Waals surface area contributed by atoms with Crippen molar-refractivity contribution in [2.75, 3.05) is 39.6 Å². The van der Waals surface area contributed by atoms with Crippen molar-refractivity contribution in [2.24, 2.45) is 17.8 Å². The molecule has 0 amide bonds. The van der Waals surface area contributed by atoms with Gasteiger partial charge in [0.05, 0.1) is 17.8 Å². The molecule has 0 aliphatic heterocycles. The van der Waals surface area contributed by atoms with E-state index >= 15 is 0 Å². The third-order valence-electron chi connectivity index (χ3n) is 7.19. The fourth-order valence-electron chi connectivity index (χ4n) is 4.70. The molecule has 0 aromatic heterocycles. The minimum absolute atomic E-state index is 0.0748. The van der Waals surface area contributed by atoms with E-state index in [1.54, 1.807) is 0 Å². The Hall–Kier alpha value is -5.55. The number of ether oxygens (including phenoxy) is 9. The molecule has 3 atom stereocenters. The molecule has 1 fully saturated rings. The molecule has 0 heterocycles. The summed E-state index contributed by atoms with van der Waals surface area (Å²) in [4.78, 5) is 110. The van der Waals surface area contributed by atoms with Gasteiger partial charge in [0.1, 0.15) is 39.6 Å². The van der Waals surface area contributed by atoms with Crippen LogP contribution in [0.5, 0.6) is 0 Å². The maximum absolute atomic E-state index is 13.3. The molecule has 0 aromatic carbocycles. The van der Waals surface area contributed by atoms with E-state index in [2.05, 4.69) is 19.7 Å². The van der Waals surface area contributed by atoms with Gasteiger partial charge in [0.15, 0.2) is 18.3 Å². The molecule has 1 rings (SSSR count). The average molecular weight is 769 g/mol. The summed E-state index contributed by atoms with van der Waals surface area (Å²) in [6.07, 6.45) is -4.14. The zero-order chi connectivity index (χ0) is 41.1. The summed E-state index contributed by atoms with van der Waals surface area (Å²) in [6.45, 7) is 14.8. The van der Waals surface area contributed by atoms with E-state index in [1.165, 1.54) is 20.8 Å². The summed E-state index contributed by atoms with van der Waals surface area (Å²) >= 11 is 0. The fraction of sp³-hybridized carbons (Fsp3) is 0.583. The van der Waals surface area contributed by atoms with Crippen LogP contribution in [0.4, 0.5) is 0 Å². The summed E-state index contributed by atoms with van der Waals surface area (Å²) in [6, 6.07) is 0. The molecule has 300 valence electrons. The SMILES string of the molecule is C=C(C)C(=O)OCC(COC(=O)C1CC(C(=O)OCC(COC(=O)C(=C)C)OC(C)=O)CC(C(=O)OCC(COC(=O)C(=C)C)OC(C)=O)C1)OC(C)=O. The second-order valence-corrected chi connectivity index (χ2v) is 12.5. The fourth-order valence-corrected chi connectivity index (χ4v) is 4.70. The summed E-state index contributed by atoms with van der Waals surface area (Å²) in [5, 5.41) is 0. The molecule has 0 bridgehead atoms. The van der Waals surface area contributed by atoms with Gasteiger partial charge in [0.25, 0.3) is 0 Å². The highest BCUT2D eigenvalue weighted by Gasteiger charge is 2.42. The van der Waals surface area contributed by atoms with Crippen LogP contribution in [0.1, 0.15) is 60.8 Å². The molecule has 1 saturated carbocycles. The maximum atomic E-state index is 13.3. The average Bonchev–Trinajstić information content (AvgIpc) is 3.09. The van der Waals surface area contributed by atoms with Crippen molar-refractivity contribution in [3.05, 3.63) is 36.5 Å². The van der Waals surface area contributed by atoms with Crippen molar-refractivity contribution < 1.29 is 85.8 Å². The van der Waals surface area contributed by atoms with E-state index in [1.807, 2.05) is 0 Å². The molecule has 3 unspecified atom stereocenters. The number of rotatable bonds is 21. The van der Waals surface area contributed by atoms with Crippen LogP contribution in [0.15, 0.2) is 36.5 Å². The summed E-state index contributed by atoms with van der Waals surface area (Å²) < 4.78 is 46.4. The van der Waals surface area contributed by atoms with Crippen molar-refractivity contribution in [2.45, 2.75) is 79.1 Å². The van der Waals surface area contributed by atoms with Gasteiger partial charge in [0, 0.05) is 37.5 Å². The highest BCUT2D eigenvalue weighted by atomic mass is 16.6. The van der Waals surface area contributed by atoms with Gasteiger partial charge in [-0.3, -0.25) is 28.8 Å². The third kappa shape index (κ3) is 18.3. The Morgan fingerprint density at radius 3 is 0.796 bits per heavy atom. The van der Waals surface area contributed by atoms with Crippen LogP contribution < -0.4 is 0 Å². The van der Waals surface area contributed by atoms with E-state index in [9.17, 15) is 43.2 Å². The van der Waals surface area contributed by atoms with E-state index < -0.39 is 129 Å². The van der Waals surface area contributed by atoms with E-state index in [0.717, 1.165) is 20.8 Å². The molecular formula is C36H48O18. The van der Waals surface area contributed by atoms with Gasteiger partial charge in [-0.1, -0.05) is 19.7 Å². The highest BCUT2D eigenvalue weighted by Crippen LogP contribution is 2.36. The largest absolute Gasteiger partial charge is 0.461 e. The van der Waals surface area contributed by atoms with Gasteiger partial charge in [0.2, 0.25) is 0 Å². The van der Waals surface area contributed by atoms with Gasteiger partial charge in [-0.15, -0.1) is 0 Å². The summed E-state index contributed by atoms with van der Waals surface area (Å²) in [5.41, 5.74) is 0.224. The zero-order valence-corrected chi connectivity index (χ0v) is 31.3. The van der Waals surface area contributed by atoms with Crippen molar-refractivity contribution in [1.82, 2.24) is 0 Å². The van der Waals surface area contributed by atoms with Gasteiger partial charge in [-0.05, 0) is 40.0 Å². The monoisotopic (exact) mass is 768 g/mol. The van der Waals surface area contributed by atoms with E-state index in [-0.39, 0.29) is 36.0 Å². The first-order valence-corrected chi connectivity index (χ1v) is 16.7. The van der Waals surface area contributed by atoms with Crippen molar-refractivity contribution >= 4 is 53.7 Å². The molecule has 0 radical (unpaired) electrons. The smallest absolute Gasteiger partial charge is 0.333 e. The van der Waals surface area contributed by atoms with Gasteiger partial charge < -0.3 is 42.6 Å². The second-order valence-electron chi connectivity index (χ2n) is 12.5. The Morgan fingerprint density at radius 2 is 0.611 bits per heavy atom. The third-order valence-corrected chi connectivity index (χ3v) is 7.19. The molecule has 54 heavy (non-hydrogen) atoms. The topological polar surface area (TPSA) is 237 Å². The lowest BCUT2D eigenvalue weighted by molar-refractivity contribution is -0.173. The van der Waals surface area contributed by atoms with Gasteiger partial charge in [-0.25, -0.2) is 14.4 Å². The Kier molecular flexibility index (Phi) is 20.0. The van der Waals surface area contributed by atoms with Crippen LogP contribution in [0.2, 0.25) is 0 Å². The minimum Gasteiger partial charge on any atom is -0.461 e. The van der Waals surface area contributed by atoms with Crippen molar-refractivity contribution in [3.8, 4) is 0 Å². The Labute approximate surface area is 312 Å². The molecular weight excluding hydrogens is 720 g/mol. The molecule has 0 N–H and O–H groups in total. The van der Waals surface area contributed by atoms with Crippen LogP contribution >= 0.6 is 0 Å². The quantitative estimate of drug-likeness (QED) is 0.0919. The molecule has 1 aliphatic rings. The van der Waals surface area contributed by atoms with Gasteiger partial charge in [-0.2, -0.15) is 0 Å². The van der Waals surface area contributed by atoms with Crippen LogP contribution in [-0.4, -0.2) is 112 Å². The predicted octanol–water partition coefficient (Wildman–Crippen LogP) is 1.80. The molecule has 0 aromatic rings.